The van der Waals surface area contributed by atoms with Crippen LogP contribution in [0.5, 0.6) is 0 Å². The maximum atomic E-state index is 12.4. The molecule has 112 valence electrons. The van der Waals surface area contributed by atoms with Crippen molar-refractivity contribution in [2.24, 2.45) is 5.92 Å². The third-order valence-electron chi connectivity index (χ3n) is 3.83. The summed E-state index contributed by atoms with van der Waals surface area (Å²) in [4.78, 5) is 24.2. The zero-order valence-electron chi connectivity index (χ0n) is 12.1. The summed E-state index contributed by atoms with van der Waals surface area (Å²) in [5.74, 6) is -1.51. The molecule has 1 aromatic rings. The second-order valence-electron chi connectivity index (χ2n) is 5.47. The summed E-state index contributed by atoms with van der Waals surface area (Å²) in [5, 5.41) is 12.8. The molecule has 0 radical (unpaired) electrons. The van der Waals surface area contributed by atoms with E-state index >= 15 is 0 Å². The maximum Gasteiger partial charge on any atom is 0.335 e. The predicted octanol–water partition coefficient (Wildman–Crippen LogP) is 1.17. The van der Waals surface area contributed by atoms with Gasteiger partial charge in [-0.05, 0) is 11.5 Å². The molecule has 21 heavy (non-hydrogen) atoms. The average Bonchev–Trinajstić information content (AvgIpc) is 2.71. The summed E-state index contributed by atoms with van der Waals surface area (Å²) in [6.07, 6.45) is -1.28. The number of amides is 1. The molecule has 1 heterocycles. The van der Waals surface area contributed by atoms with Gasteiger partial charge >= 0.3 is 5.97 Å². The van der Waals surface area contributed by atoms with Crippen molar-refractivity contribution in [2.75, 3.05) is 0 Å². The van der Waals surface area contributed by atoms with Gasteiger partial charge in [-0.2, -0.15) is 0 Å². The van der Waals surface area contributed by atoms with E-state index in [1.807, 2.05) is 30.3 Å². The number of benzene rings is 1. The van der Waals surface area contributed by atoms with E-state index in [9.17, 15) is 14.7 Å². The number of hydrogen-bond acceptors (Lipinski definition) is 4. The van der Waals surface area contributed by atoms with Crippen molar-refractivity contribution < 1.29 is 19.4 Å². The molecular weight excluding hydrogens is 270 g/mol. The number of nitrogens with one attached hydrogen (secondary N) is 1. The Morgan fingerprint density at radius 2 is 2.05 bits per heavy atom. The lowest BCUT2D eigenvalue weighted by Gasteiger charge is -2.33. The van der Waals surface area contributed by atoms with Gasteiger partial charge in [0, 0.05) is 5.57 Å². The van der Waals surface area contributed by atoms with E-state index in [0.717, 1.165) is 5.56 Å². The van der Waals surface area contributed by atoms with Gasteiger partial charge in [0.1, 0.15) is 12.7 Å². The molecular formula is C16H19NO4. The molecule has 1 aliphatic heterocycles. The first-order chi connectivity index (χ1) is 9.89. The van der Waals surface area contributed by atoms with Crippen LogP contribution in [-0.2, 0) is 20.9 Å². The van der Waals surface area contributed by atoms with Gasteiger partial charge in [-0.15, -0.1) is 0 Å². The quantitative estimate of drug-likeness (QED) is 0.644. The normalized spacial score (nSPS) is 25.0. The van der Waals surface area contributed by atoms with Crippen LogP contribution in [0.4, 0.5) is 0 Å². The minimum atomic E-state index is -1.47. The first kappa shape index (κ1) is 15.3. The monoisotopic (exact) mass is 289 g/mol. The van der Waals surface area contributed by atoms with Crippen LogP contribution in [0, 0.1) is 5.92 Å². The summed E-state index contributed by atoms with van der Waals surface area (Å²) in [6.45, 7) is 7.10. The Kier molecular flexibility index (Phi) is 4.14. The number of aliphatic hydroxyl groups excluding tert-OH is 1. The summed E-state index contributed by atoms with van der Waals surface area (Å²) in [7, 11) is 0. The van der Waals surface area contributed by atoms with Crippen LogP contribution in [-0.4, -0.2) is 28.6 Å². The average molecular weight is 289 g/mol. The van der Waals surface area contributed by atoms with E-state index in [4.69, 9.17) is 4.74 Å². The van der Waals surface area contributed by atoms with Gasteiger partial charge in [-0.1, -0.05) is 50.8 Å². The Morgan fingerprint density at radius 1 is 1.43 bits per heavy atom. The van der Waals surface area contributed by atoms with Crippen molar-refractivity contribution in [3.05, 3.63) is 48.0 Å². The fraction of sp³-hybridized carbons (Fsp3) is 0.375. The van der Waals surface area contributed by atoms with Gasteiger partial charge in [0.05, 0.1) is 0 Å². The van der Waals surface area contributed by atoms with Crippen LogP contribution in [0.3, 0.4) is 0 Å². The summed E-state index contributed by atoms with van der Waals surface area (Å²) < 4.78 is 5.29. The molecule has 0 unspecified atom stereocenters. The maximum absolute atomic E-state index is 12.4. The number of hydrogen-bond donors (Lipinski definition) is 2. The van der Waals surface area contributed by atoms with Gasteiger partial charge in [-0.25, -0.2) is 4.79 Å². The lowest BCUT2D eigenvalue weighted by atomic mass is 9.82. The zero-order chi connectivity index (χ0) is 15.6. The standard InChI is InChI=1S/C16H19NO4/c1-10(2)16(13(18)11(3)14(19)17-16)15(20)21-9-12-7-5-4-6-8-12/h4-8,10,13,18H,3,9H2,1-2H3,(H,17,19)/t13-,16+/m0/s1. The molecule has 0 bridgehead atoms. The SMILES string of the molecule is C=C1C(=O)N[C@](C(=O)OCc2ccccc2)(C(C)C)[C@H]1O. The van der Waals surface area contributed by atoms with Crippen LogP contribution in [0.25, 0.3) is 0 Å². The number of esters is 1. The van der Waals surface area contributed by atoms with Crippen LogP contribution < -0.4 is 5.32 Å². The van der Waals surface area contributed by atoms with Gasteiger partial charge in [0.25, 0.3) is 0 Å². The van der Waals surface area contributed by atoms with E-state index in [1.165, 1.54) is 0 Å². The molecule has 5 heteroatoms. The van der Waals surface area contributed by atoms with Crippen molar-refractivity contribution in [3.63, 3.8) is 0 Å². The van der Waals surface area contributed by atoms with E-state index < -0.39 is 23.5 Å². The molecule has 0 spiro atoms. The van der Waals surface area contributed by atoms with Crippen molar-refractivity contribution in [2.45, 2.75) is 32.1 Å². The van der Waals surface area contributed by atoms with Gasteiger partial charge in [0.15, 0.2) is 5.54 Å². The van der Waals surface area contributed by atoms with Gasteiger partial charge in [-0.3, -0.25) is 4.79 Å². The number of carbonyl (C=O) groups excluding carboxylic acids is 2. The smallest absolute Gasteiger partial charge is 0.335 e. The zero-order valence-corrected chi connectivity index (χ0v) is 12.1. The second kappa shape index (κ2) is 5.69. The Bertz CT molecular complexity index is 567. The van der Waals surface area contributed by atoms with E-state index in [0.29, 0.717) is 0 Å². The van der Waals surface area contributed by atoms with Gasteiger partial charge in [0.2, 0.25) is 5.91 Å². The van der Waals surface area contributed by atoms with E-state index in [2.05, 4.69) is 11.9 Å². The largest absolute Gasteiger partial charge is 0.459 e. The minimum absolute atomic E-state index is 0.0136. The fourth-order valence-corrected chi connectivity index (χ4v) is 2.44. The molecule has 1 fully saturated rings. The molecule has 1 amide bonds. The molecule has 2 atom stereocenters. The summed E-state index contributed by atoms with van der Waals surface area (Å²) in [5.41, 5.74) is -0.647. The second-order valence-corrected chi connectivity index (χ2v) is 5.47. The highest BCUT2D eigenvalue weighted by Gasteiger charge is 2.57. The van der Waals surface area contributed by atoms with Crippen LogP contribution in [0.15, 0.2) is 42.5 Å². The molecule has 2 rings (SSSR count). The van der Waals surface area contributed by atoms with Crippen molar-refractivity contribution in [1.29, 1.82) is 0 Å². The van der Waals surface area contributed by atoms with Crippen molar-refractivity contribution in [1.82, 2.24) is 5.32 Å². The van der Waals surface area contributed by atoms with Crippen LogP contribution >= 0.6 is 0 Å². The third kappa shape index (κ3) is 2.56. The van der Waals surface area contributed by atoms with E-state index in [-0.39, 0.29) is 18.1 Å². The Labute approximate surface area is 123 Å². The summed E-state index contributed by atoms with van der Waals surface area (Å²) in [6, 6.07) is 9.21. The van der Waals surface area contributed by atoms with Gasteiger partial charge < -0.3 is 15.2 Å². The molecule has 2 N–H and O–H groups in total. The Hall–Kier alpha value is -2.14. The topological polar surface area (TPSA) is 75.6 Å². The van der Waals surface area contributed by atoms with Crippen molar-refractivity contribution >= 4 is 11.9 Å². The molecule has 0 aromatic heterocycles. The Morgan fingerprint density at radius 3 is 2.52 bits per heavy atom. The van der Waals surface area contributed by atoms with E-state index in [1.54, 1.807) is 13.8 Å². The molecule has 5 nitrogen and oxygen atoms in total. The lowest BCUT2D eigenvalue weighted by molar-refractivity contribution is -0.159. The first-order valence-corrected chi connectivity index (χ1v) is 6.80. The summed E-state index contributed by atoms with van der Waals surface area (Å²) >= 11 is 0. The lowest BCUT2D eigenvalue weighted by Crippen LogP contribution is -2.59. The number of ether oxygens (including phenoxy) is 1. The number of aliphatic hydroxyl groups is 1. The Balaban J connectivity index is 2.18. The molecule has 1 saturated heterocycles. The highest BCUT2D eigenvalue weighted by Crippen LogP contribution is 2.32. The highest BCUT2D eigenvalue weighted by atomic mass is 16.5. The molecule has 0 aliphatic carbocycles. The van der Waals surface area contributed by atoms with Crippen LogP contribution in [0.1, 0.15) is 19.4 Å². The minimum Gasteiger partial charge on any atom is -0.459 e. The third-order valence-corrected chi connectivity index (χ3v) is 3.83. The molecule has 1 aromatic carbocycles. The van der Waals surface area contributed by atoms with Crippen LogP contribution in [0.2, 0.25) is 0 Å². The molecule has 1 aliphatic rings. The molecule has 0 saturated carbocycles. The fourth-order valence-electron chi connectivity index (χ4n) is 2.44. The first-order valence-electron chi connectivity index (χ1n) is 6.80. The predicted molar refractivity (Wildman–Crippen MR) is 77.1 cm³/mol. The number of carbonyl (C=O) groups is 2. The number of rotatable bonds is 4. The highest BCUT2D eigenvalue weighted by molar-refractivity contribution is 6.04. The van der Waals surface area contributed by atoms with Crippen molar-refractivity contribution in [3.8, 4) is 0 Å².